The molecule has 0 saturated heterocycles. The van der Waals surface area contributed by atoms with Gasteiger partial charge in [-0.1, -0.05) is 78.1 Å². The smallest absolute Gasteiger partial charge is 0.450 e. The molecule has 0 aromatic rings. The zero-order valence-electron chi connectivity index (χ0n) is 13.5. The predicted octanol–water partition coefficient (Wildman–Crippen LogP) is 6.16. The van der Waals surface area contributed by atoms with Crippen LogP contribution in [0, 0.1) is 0 Å². The summed E-state index contributed by atoms with van der Waals surface area (Å²) in [5.74, 6) is 0. The van der Waals surface area contributed by atoms with E-state index in [1.54, 1.807) is 0 Å². The average molecular weight is 286 g/mol. The van der Waals surface area contributed by atoms with Crippen LogP contribution >= 0.6 is 0 Å². The summed E-state index contributed by atoms with van der Waals surface area (Å²) in [5, 5.41) is 8.57. The molecule has 3 nitrogen and oxygen atoms in total. The van der Waals surface area contributed by atoms with Gasteiger partial charge in [-0.2, -0.15) is 0 Å². The second kappa shape index (κ2) is 14.7. The van der Waals surface area contributed by atoms with Crippen molar-refractivity contribution in [1.29, 1.82) is 0 Å². The van der Waals surface area contributed by atoms with E-state index in [0.717, 1.165) is 19.3 Å². The van der Waals surface area contributed by atoms with Crippen LogP contribution in [0.3, 0.4) is 0 Å². The van der Waals surface area contributed by atoms with E-state index in [1.165, 1.54) is 64.2 Å². The summed E-state index contributed by atoms with van der Waals surface area (Å²) in [5.41, 5.74) is 0. The topological polar surface area (TPSA) is 46.5 Å². The largest absolute Gasteiger partial charge is 0.506 e. The highest BCUT2D eigenvalue weighted by atomic mass is 16.7. The minimum absolute atomic E-state index is 0.105. The van der Waals surface area contributed by atoms with Crippen molar-refractivity contribution in [2.45, 2.75) is 103 Å². The Bertz CT molecular complexity index is 216. The molecule has 0 spiro atoms. The second-order valence-electron chi connectivity index (χ2n) is 5.74. The van der Waals surface area contributed by atoms with Crippen molar-refractivity contribution < 1.29 is 14.6 Å². The molecule has 0 amide bonds. The molecular formula is C17H34O3. The number of unbranched alkanes of at least 4 members (excludes halogenated alkanes) is 10. The highest BCUT2D eigenvalue weighted by Crippen LogP contribution is 2.14. The molecule has 0 rings (SSSR count). The van der Waals surface area contributed by atoms with Crippen molar-refractivity contribution >= 4 is 6.16 Å². The lowest BCUT2D eigenvalue weighted by molar-refractivity contribution is 0.0454. The lowest BCUT2D eigenvalue weighted by Gasteiger charge is -2.13. The van der Waals surface area contributed by atoms with Gasteiger partial charge < -0.3 is 9.84 Å². The Kier molecular flexibility index (Phi) is 14.1. The molecule has 120 valence electrons. The Balaban J connectivity index is 3.21. The normalized spacial score (nSPS) is 12.3. The van der Waals surface area contributed by atoms with Gasteiger partial charge in [0.15, 0.2) is 0 Å². The quantitative estimate of drug-likeness (QED) is 0.307. The maximum atomic E-state index is 10.4. The van der Waals surface area contributed by atoms with Crippen LogP contribution in [-0.2, 0) is 4.74 Å². The Morgan fingerprint density at radius 3 is 1.70 bits per heavy atom. The monoisotopic (exact) mass is 286 g/mol. The summed E-state index contributed by atoms with van der Waals surface area (Å²) < 4.78 is 4.81. The van der Waals surface area contributed by atoms with E-state index in [4.69, 9.17) is 9.84 Å². The van der Waals surface area contributed by atoms with E-state index in [2.05, 4.69) is 6.92 Å². The third-order valence-corrected chi connectivity index (χ3v) is 3.85. The number of carboxylic acid groups (broad SMARTS) is 1. The van der Waals surface area contributed by atoms with Gasteiger partial charge in [-0.3, -0.25) is 0 Å². The first-order valence-electron chi connectivity index (χ1n) is 8.60. The lowest BCUT2D eigenvalue weighted by Crippen LogP contribution is -2.15. The van der Waals surface area contributed by atoms with E-state index in [-0.39, 0.29) is 6.10 Å². The van der Waals surface area contributed by atoms with Crippen LogP contribution in [0.4, 0.5) is 4.79 Å². The van der Waals surface area contributed by atoms with Crippen molar-refractivity contribution in [2.24, 2.45) is 0 Å². The van der Waals surface area contributed by atoms with Crippen LogP contribution < -0.4 is 0 Å². The third kappa shape index (κ3) is 13.7. The van der Waals surface area contributed by atoms with Gasteiger partial charge in [0.25, 0.3) is 0 Å². The zero-order chi connectivity index (χ0) is 15.1. The number of rotatable bonds is 14. The minimum Gasteiger partial charge on any atom is -0.450 e. The first-order chi connectivity index (χ1) is 9.70. The molecule has 1 N–H and O–H groups in total. The zero-order valence-corrected chi connectivity index (χ0v) is 13.5. The summed E-state index contributed by atoms with van der Waals surface area (Å²) in [6.07, 6.45) is 14.9. The van der Waals surface area contributed by atoms with E-state index in [0.29, 0.717) is 0 Å². The molecule has 0 aliphatic rings. The highest BCUT2D eigenvalue weighted by molar-refractivity contribution is 5.57. The SMILES string of the molecule is CCCCCCCCCCCCCC(CC)OC(=O)O. The van der Waals surface area contributed by atoms with E-state index < -0.39 is 6.16 Å². The first kappa shape index (κ1) is 19.3. The van der Waals surface area contributed by atoms with Gasteiger partial charge in [-0.05, 0) is 19.3 Å². The molecule has 0 aliphatic carbocycles. The van der Waals surface area contributed by atoms with Gasteiger partial charge in [0.2, 0.25) is 0 Å². The highest BCUT2D eigenvalue weighted by Gasteiger charge is 2.10. The van der Waals surface area contributed by atoms with Crippen LogP contribution in [0.25, 0.3) is 0 Å². The van der Waals surface area contributed by atoms with Crippen LogP contribution in [0.2, 0.25) is 0 Å². The Labute approximate surface area is 125 Å². The molecule has 20 heavy (non-hydrogen) atoms. The lowest BCUT2D eigenvalue weighted by atomic mass is 10.0. The predicted molar refractivity (Wildman–Crippen MR) is 84.3 cm³/mol. The molecule has 0 radical (unpaired) electrons. The molecule has 0 heterocycles. The van der Waals surface area contributed by atoms with Crippen LogP contribution in [0.1, 0.15) is 97.3 Å². The molecule has 0 saturated carbocycles. The van der Waals surface area contributed by atoms with Crippen LogP contribution in [0.15, 0.2) is 0 Å². The van der Waals surface area contributed by atoms with Gasteiger partial charge in [0.1, 0.15) is 6.10 Å². The number of ether oxygens (including phenoxy) is 1. The van der Waals surface area contributed by atoms with Crippen molar-refractivity contribution in [3.63, 3.8) is 0 Å². The third-order valence-electron chi connectivity index (χ3n) is 3.85. The Hall–Kier alpha value is -0.730. The molecule has 3 heteroatoms. The summed E-state index contributed by atoms with van der Waals surface area (Å²) in [6.45, 7) is 4.23. The average Bonchev–Trinajstić information content (AvgIpc) is 2.43. The van der Waals surface area contributed by atoms with E-state index in [9.17, 15) is 4.79 Å². The van der Waals surface area contributed by atoms with Crippen molar-refractivity contribution in [2.75, 3.05) is 0 Å². The minimum atomic E-state index is -1.14. The second-order valence-corrected chi connectivity index (χ2v) is 5.74. The number of carbonyl (C=O) groups is 1. The van der Waals surface area contributed by atoms with Gasteiger partial charge >= 0.3 is 6.16 Å². The first-order valence-corrected chi connectivity index (χ1v) is 8.60. The molecular weight excluding hydrogens is 252 g/mol. The van der Waals surface area contributed by atoms with Crippen molar-refractivity contribution in [3.05, 3.63) is 0 Å². The molecule has 0 aliphatic heterocycles. The number of hydrogen-bond donors (Lipinski definition) is 1. The van der Waals surface area contributed by atoms with Crippen LogP contribution in [-0.4, -0.2) is 17.4 Å². The number of hydrogen-bond acceptors (Lipinski definition) is 2. The molecule has 1 unspecified atom stereocenters. The van der Waals surface area contributed by atoms with Gasteiger partial charge in [-0.25, -0.2) is 4.79 Å². The van der Waals surface area contributed by atoms with Crippen molar-refractivity contribution in [3.8, 4) is 0 Å². The van der Waals surface area contributed by atoms with E-state index >= 15 is 0 Å². The molecule has 0 fully saturated rings. The van der Waals surface area contributed by atoms with Crippen molar-refractivity contribution in [1.82, 2.24) is 0 Å². The Morgan fingerprint density at radius 1 is 0.850 bits per heavy atom. The van der Waals surface area contributed by atoms with Crippen LogP contribution in [0.5, 0.6) is 0 Å². The maximum absolute atomic E-state index is 10.4. The van der Waals surface area contributed by atoms with E-state index in [1.807, 2.05) is 6.92 Å². The summed E-state index contributed by atoms with van der Waals surface area (Å²) in [4.78, 5) is 10.4. The van der Waals surface area contributed by atoms with Gasteiger partial charge in [0, 0.05) is 0 Å². The van der Waals surface area contributed by atoms with Gasteiger partial charge in [0.05, 0.1) is 0 Å². The fourth-order valence-corrected chi connectivity index (χ4v) is 2.53. The fraction of sp³-hybridized carbons (Fsp3) is 0.941. The standard InChI is InChI=1S/C17H34O3/c1-3-5-6-7-8-9-10-11-12-13-14-15-16(4-2)20-17(18)19/h16H,3-15H2,1-2H3,(H,18,19). The summed E-state index contributed by atoms with van der Waals surface area (Å²) in [7, 11) is 0. The fourth-order valence-electron chi connectivity index (χ4n) is 2.53. The molecule has 0 bridgehead atoms. The molecule has 1 atom stereocenters. The Morgan fingerprint density at radius 2 is 1.30 bits per heavy atom. The summed E-state index contributed by atoms with van der Waals surface area (Å²) in [6, 6.07) is 0. The van der Waals surface area contributed by atoms with Gasteiger partial charge in [-0.15, -0.1) is 0 Å². The molecule has 0 aromatic heterocycles. The summed E-state index contributed by atoms with van der Waals surface area (Å²) >= 11 is 0. The molecule has 0 aromatic carbocycles. The maximum Gasteiger partial charge on any atom is 0.506 e.